The molecule has 1 aliphatic rings. The van der Waals surface area contributed by atoms with E-state index >= 15 is 0 Å². The summed E-state index contributed by atoms with van der Waals surface area (Å²) in [6.07, 6.45) is 3.80. The van der Waals surface area contributed by atoms with Crippen LogP contribution in [-0.2, 0) is 20.7 Å². The molecule has 1 aromatic carbocycles. The fraction of sp³-hybridized carbons (Fsp3) is 0.409. The van der Waals surface area contributed by atoms with Gasteiger partial charge in [0.05, 0.1) is 13.2 Å². The van der Waals surface area contributed by atoms with Crippen LogP contribution in [0.15, 0.2) is 48.8 Å². The van der Waals surface area contributed by atoms with Crippen LogP contribution in [-0.4, -0.2) is 47.0 Å². The zero-order chi connectivity index (χ0) is 20.4. The second-order valence-electron chi connectivity index (χ2n) is 8.30. The van der Waals surface area contributed by atoms with Crippen LogP contribution < -0.4 is 5.73 Å². The molecule has 3 rings (SSSR count). The van der Waals surface area contributed by atoms with E-state index in [1.807, 2.05) is 57.2 Å². The average Bonchev–Trinajstić information content (AvgIpc) is 2.67. The molecule has 1 fully saturated rings. The fourth-order valence-corrected chi connectivity index (χ4v) is 3.51. The Labute approximate surface area is 165 Å². The Morgan fingerprint density at radius 2 is 1.89 bits per heavy atom. The number of aromatic nitrogens is 1. The molecular formula is C22H27N3O3. The van der Waals surface area contributed by atoms with Crippen molar-refractivity contribution in [3.63, 3.8) is 0 Å². The molecule has 1 aliphatic heterocycles. The Balaban J connectivity index is 1.87. The highest BCUT2D eigenvalue weighted by Gasteiger charge is 2.45. The van der Waals surface area contributed by atoms with E-state index in [2.05, 4.69) is 4.98 Å². The number of pyridine rings is 1. The van der Waals surface area contributed by atoms with E-state index in [0.717, 1.165) is 16.7 Å². The lowest BCUT2D eigenvalue weighted by molar-refractivity contribution is -0.167. The number of primary amides is 1. The van der Waals surface area contributed by atoms with E-state index in [0.29, 0.717) is 13.0 Å². The van der Waals surface area contributed by atoms with E-state index in [9.17, 15) is 9.59 Å². The van der Waals surface area contributed by atoms with Gasteiger partial charge in [0, 0.05) is 30.8 Å². The summed E-state index contributed by atoms with van der Waals surface area (Å²) in [7, 11) is 0. The number of hydrogen-bond acceptors (Lipinski definition) is 4. The first-order valence-electron chi connectivity index (χ1n) is 9.44. The molecule has 28 heavy (non-hydrogen) atoms. The molecule has 0 unspecified atom stereocenters. The van der Waals surface area contributed by atoms with Gasteiger partial charge >= 0.3 is 0 Å². The number of nitrogens with zero attached hydrogens (tertiary/aromatic N) is 2. The van der Waals surface area contributed by atoms with Gasteiger partial charge in [0.1, 0.15) is 0 Å². The van der Waals surface area contributed by atoms with Crippen molar-refractivity contribution in [1.82, 2.24) is 9.88 Å². The van der Waals surface area contributed by atoms with Gasteiger partial charge in [-0.15, -0.1) is 0 Å². The van der Waals surface area contributed by atoms with Gasteiger partial charge in [-0.1, -0.05) is 45.0 Å². The molecule has 0 aliphatic carbocycles. The number of carbonyl (C=O) groups is 2. The Bertz CT molecular complexity index is 861. The van der Waals surface area contributed by atoms with E-state index in [4.69, 9.17) is 10.5 Å². The van der Waals surface area contributed by atoms with Gasteiger partial charge in [-0.05, 0) is 28.8 Å². The van der Waals surface area contributed by atoms with Crippen molar-refractivity contribution in [3.05, 3.63) is 54.4 Å². The summed E-state index contributed by atoms with van der Waals surface area (Å²) in [5, 5.41) is 0. The van der Waals surface area contributed by atoms with Gasteiger partial charge in [0.25, 0.3) is 5.91 Å². The second kappa shape index (κ2) is 7.72. The van der Waals surface area contributed by atoms with Crippen LogP contribution in [0.1, 0.15) is 26.3 Å². The van der Waals surface area contributed by atoms with E-state index in [1.165, 1.54) is 0 Å². The molecule has 0 spiro atoms. The van der Waals surface area contributed by atoms with E-state index < -0.39 is 16.9 Å². The molecule has 148 valence electrons. The van der Waals surface area contributed by atoms with Crippen molar-refractivity contribution in [1.29, 1.82) is 0 Å². The van der Waals surface area contributed by atoms with Crippen LogP contribution in [0.3, 0.4) is 0 Å². The Morgan fingerprint density at radius 1 is 1.18 bits per heavy atom. The maximum absolute atomic E-state index is 12.7. The molecule has 1 aromatic heterocycles. The van der Waals surface area contributed by atoms with Crippen LogP contribution >= 0.6 is 0 Å². The van der Waals surface area contributed by atoms with Crippen LogP contribution in [0.25, 0.3) is 11.1 Å². The van der Waals surface area contributed by atoms with Crippen LogP contribution in [0, 0.1) is 5.41 Å². The monoisotopic (exact) mass is 381 g/mol. The number of nitrogens with two attached hydrogens (primary N) is 1. The molecule has 2 amide bonds. The Hall–Kier alpha value is -2.73. The van der Waals surface area contributed by atoms with Crippen LogP contribution in [0.4, 0.5) is 0 Å². The quantitative estimate of drug-likeness (QED) is 0.881. The van der Waals surface area contributed by atoms with Gasteiger partial charge in [-0.2, -0.15) is 0 Å². The molecule has 0 radical (unpaired) electrons. The van der Waals surface area contributed by atoms with Gasteiger partial charge in [-0.3, -0.25) is 14.6 Å². The SMILES string of the molecule is CC(C)(C)C(=O)N1CCO[C@](Cc2cccc(-c3ccncc3)c2)(C(N)=O)C1. The first kappa shape index (κ1) is 20.0. The van der Waals surface area contributed by atoms with Gasteiger partial charge in [0.15, 0.2) is 5.60 Å². The minimum atomic E-state index is -1.23. The summed E-state index contributed by atoms with van der Waals surface area (Å²) in [5.74, 6) is -0.555. The maximum Gasteiger partial charge on any atom is 0.251 e. The predicted octanol–water partition coefficient (Wildman–Crippen LogP) is 2.42. The van der Waals surface area contributed by atoms with Gasteiger partial charge in [0.2, 0.25) is 5.91 Å². The summed E-state index contributed by atoms with van der Waals surface area (Å²) >= 11 is 0. The number of benzene rings is 1. The largest absolute Gasteiger partial charge is 0.367 e. The maximum atomic E-state index is 12.7. The Kier molecular flexibility index (Phi) is 5.52. The normalized spacial score (nSPS) is 20.0. The molecule has 2 aromatic rings. The van der Waals surface area contributed by atoms with Crippen molar-refractivity contribution in [2.75, 3.05) is 19.7 Å². The topological polar surface area (TPSA) is 85.5 Å². The highest BCUT2D eigenvalue weighted by molar-refractivity contribution is 5.87. The van der Waals surface area contributed by atoms with E-state index in [-0.39, 0.29) is 19.1 Å². The predicted molar refractivity (Wildman–Crippen MR) is 107 cm³/mol. The summed E-state index contributed by atoms with van der Waals surface area (Å²) < 4.78 is 5.89. The fourth-order valence-electron chi connectivity index (χ4n) is 3.51. The van der Waals surface area contributed by atoms with Gasteiger partial charge < -0.3 is 15.4 Å². The molecule has 6 nitrogen and oxygen atoms in total. The minimum absolute atomic E-state index is 0.00744. The van der Waals surface area contributed by atoms with Crippen molar-refractivity contribution < 1.29 is 14.3 Å². The standard InChI is InChI=1S/C22H27N3O3/c1-21(2,3)20(27)25-11-12-28-22(15-25,19(23)26)14-16-5-4-6-18(13-16)17-7-9-24-10-8-17/h4-10,13H,11-12,14-15H2,1-3H3,(H2,23,26)/t22-/m0/s1. The first-order valence-corrected chi connectivity index (χ1v) is 9.44. The highest BCUT2D eigenvalue weighted by atomic mass is 16.5. The van der Waals surface area contributed by atoms with Crippen molar-refractivity contribution in [2.24, 2.45) is 11.1 Å². The zero-order valence-corrected chi connectivity index (χ0v) is 16.6. The third-order valence-electron chi connectivity index (χ3n) is 4.99. The second-order valence-corrected chi connectivity index (χ2v) is 8.30. The molecule has 2 heterocycles. The van der Waals surface area contributed by atoms with Crippen LogP contribution in [0.2, 0.25) is 0 Å². The molecule has 0 saturated carbocycles. The zero-order valence-electron chi connectivity index (χ0n) is 16.6. The lowest BCUT2D eigenvalue weighted by Gasteiger charge is -2.42. The lowest BCUT2D eigenvalue weighted by Crippen LogP contribution is -2.62. The average molecular weight is 381 g/mol. The molecule has 6 heteroatoms. The number of hydrogen-bond donors (Lipinski definition) is 1. The summed E-state index contributed by atoms with van der Waals surface area (Å²) in [6.45, 7) is 6.52. The number of amides is 2. The summed E-state index contributed by atoms with van der Waals surface area (Å²) in [6, 6.07) is 11.8. The minimum Gasteiger partial charge on any atom is -0.367 e. The number of morpholine rings is 1. The number of ether oxygens (including phenoxy) is 1. The lowest BCUT2D eigenvalue weighted by atomic mass is 9.88. The third kappa shape index (κ3) is 4.22. The summed E-state index contributed by atoms with van der Waals surface area (Å²) in [5.41, 5.74) is 7.00. The molecule has 2 N–H and O–H groups in total. The molecule has 1 atom stereocenters. The van der Waals surface area contributed by atoms with Crippen molar-refractivity contribution >= 4 is 11.8 Å². The molecule has 1 saturated heterocycles. The smallest absolute Gasteiger partial charge is 0.251 e. The number of rotatable bonds is 4. The van der Waals surface area contributed by atoms with Crippen molar-refractivity contribution in [2.45, 2.75) is 32.8 Å². The third-order valence-corrected chi connectivity index (χ3v) is 4.99. The van der Waals surface area contributed by atoms with Crippen LogP contribution in [0.5, 0.6) is 0 Å². The molecule has 0 bridgehead atoms. The number of carbonyl (C=O) groups excluding carboxylic acids is 2. The van der Waals surface area contributed by atoms with E-state index in [1.54, 1.807) is 17.3 Å². The summed E-state index contributed by atoms with van der Waals surface area (Å²) in [4.78, 5) is 30.9. The molecular weight excluding hydrogens is 354 g/mol. The van der Waals surface area contributed by atoms with Crippen molar-refractivity contribution in [3.8, 4) is 11.1 Å². The highest BCUT2D eigenvalue weighted by Crippen LogP contribution is 2.28. The van der Waals surface area contributed by atoms with Gasteiger partial charge in [-0.25, -0.2) is 0 Å². The Morgan fingerprint density at radius 3 is 2.54 bits per heavy atom. The first-order chi connectivity index (χ1) is 13.2.